The van der Waals surface area contributed by atoms with Crippen molar-refractivity contribution >= 4 is 34.5 Å². The molecule has 1 heterocycles. The standard InChI is InChI=1S/C14H15Cl2NS/c1-3-17-14(11-6-7-18-9(11)2)12-5-4-10(15)8-13(12)16/h4-8,14,17H,3H2,1-2H3. The molecule has 1 N–H and O–H groups in total. The molecule has 2 aromatic rings. The number of nitrogens with one attached hydrogen (secondary N) is 1. The lowest BCUT2D eigenvalue weighted by Crippen LogP contribution is -2.22. The predicted octanol–water partition coefficient (Wildman–Crippen LogP) is 5.06. The molecule has 96 valence electrons. The van der Waals surface area contributed by atoms with Gasteiger partial charge in [0.15, 0.2) is 0 Å². The second kappa shape index (κ2) is 6.07. The summed E-state index contributed by atoms with van der Waals surface area (Å²) in [5, 5.41) is 6.97. The summed E-state index contributed by atoms with van der Waals surface area (Å²) in [5.74, 6) is 0. The van der Waals surface area contributed by atoms with E-state index in [-0.39, 0.29) is 6.04 Å². The first kappa shape index (κ1) is 13.9. The lowest BCUT2D eigenvalue weighted by Gasteiger charge is -2.20. The van der Waals surface area contributed by atoms with Crippen molar-refractivity contribution in [3.63, 3.8) is 0 Å². The van der Waals surface area contributed by atoms with Crippen LogP contribution in [0.25, 0.3) is 0 Å². The maximum absolute atomic E-state index is 6.31. The summed E-state index contributed by atoms with van der Waals surface area (Å²) < 4.78 is 0. The first-order valence-electron chi connectivity index (χ1n) is 5.85. The van der Waals surface area contributed by atoms with Crippen molar-refractivity contribution in [3.05, 3.63) is 55.7 Å². The molecular formula is C14H15Cl2NS. The van der Waals surface area contributed by atoms with E-state index in [9.17, 15) is 0 Å². The molecule has 1 aromatic carbocycles. The minimum Gasteiger partial charge on any atom is -0.306 e. The summed E-state index contributed by atoms with van der Waals surface area (Å²) in [4.78, 5) is 1.31. The SMILES string of the molecule is CCNC(c1ccc(Cl)cc1Cl)c1ccsc1C. The van der Waals surface area contributed by atoms with Crippen molar-refractivity contribution in [1.29, 1.82) is 0 Å². The van der Waals surface area contributed by atoms with Crippen LogP contribution < -0.4 is 5.32 Å². The lowest BCUT2D eigenvalue weighted by molar-refractivity contribution is 0.630. The van der Waals surface area contributed by atoms with Crippen LogP contribution in [-0.2, 0) is 0 Å². The monoisotopic (exact) mass is 299 g/mol. The number of hydrogen-bond donors (Lipinski definition) is 1. The topological polar surface area (TPSA) is 12.0 Å². The summed E-state index contributed by atoms with van der Waals surface area (Å²) in [7, 11) is 0. The highest BCUT2D eigenvalue weighted by molar-refractivity contribution is 7.10. The summed E-state index contributed by atoms with van der Waals surface area (Å²) in [6.45, 7) is 5.12. The fourth-order valence-corrected chi connectivity index (χ4v) is 3.28. The van der Waals surface area contributed by atoms with Crippen molar-refractivity contribution in [2.45, 2.75) is 19.9 Å². The number of rotatable bonds is 4. The Kier molecular flexibility index (Phi) is 4.68. The predicted molar refractivity (Wildman–Crippen MR) is 81.0 cm³/mol. The Hall–Kier alpha value is -0.540. The number of benzene rings is 1. The van der Waals surface area contributed by atoms with Gasteiger partial charge in [0.25, 0.3) is 0 Å². The van der Waals surface area contributed by atoms with E-state index in [4.69, 9.17) is 23.2 Å². The van der Waals surface area contributed by atoms with Crippen LogP contribution >= 0.6 is 34.5 Å². The molecule has 0 amide bonds. The van der Waals surface area contributed by atoms with E-state index < -0.39 is 0 Å². The normalized spacial score (nSPS) is 12.7. The summed E-state index contributed by atoms with van der Waals surface area (Å²) in [6.07, 6.45) is 0. The zero-order valence-corrected chi connectivity index (χ0v) is 12.7. The van der Waals surface area contributed by atoms with Crippen molar-refractivity contribution in [2.24, 2.45) is 0 Å². The minimum absolute atomic E-state index is 0.131. The van der Waals surface area contributed by atoms with E-state index in [0.29, 0.717) is 10.0 Å². The molecule has 0 spiro atoms. The molecule has 0 radical (unpaired) electrons. The quantitative estimate of drug-likeness (QED) is 0.832. The molecule has 1 nitrogen and oxygen atoms in total. The van der Waals surface area contributed by atoms with Gasteiger partial charge in [-0.15, -0.1) is 11.3 Å². The van der Waals surface area contributed by atoms with Gasteiger partial charge >= 0.3 is 0 Å². The van der Waals surface area contributed by atoms with Crippen LogP contribution in [0.4, 0.5) is 0 Å². The highest BCUT2D eigenvalue weighted by Gasteiger charge is 2.18. The first-order chi connectivity index (χ1) is 8.63. The van der Waals surface area contributed by atoms with E-state index in [1.165, 1.54) is 10.4 Å². The van der Waals surface area contributed by atoms with Gasteiger partial charge in [-0.1, -0.05) is 36.2 Å². The van der Waals surface area contributed by atoms with Crippen LogP contribution in [0.15, 0.2) is 29.6 Å². The third-order valence-corrected chi connectivity index (χ3v) is 4.32. The molecule has 1 aromatic heterocycles. The van der Waals surface area contributed by atoms with E-state index in [2.05, 4.69) is 30.6 Å². The van der Waals surface area contributed by atoms with Crippen LogP contribution in [-0.4, -0.2) is 6.54 Å². The van der Waals surface area contributed by atoms with Gasteiger partial charge in [0, 0.05) is 14.9 Å². The molecule has 18 heavy (non-hydrogen) atoms. The Balaban J connectivity index is 2.45. The third-order valence-electron chi connectivity index (χ3n) is 2.89. The molecule has 0 aliphatic rings. The third kappa shape index (κ3) is 2.89. The van der Waals surface area contributed by atoms with E-state index in [1.54, 1.807) is 17.4 Å². The second-order valence-corrected chi connectivity index (χ2v) is 6.05. The van der Waals surface area contributed by atoms with Crippen molar-refractivity contribution < 1.29 is 0 Å². The van der Waals surface area contributed by atoms with Gasteiger partial charge in [0.05, 0.1) is 6.04 Å². The van der Waals surface area contributed by atoms with E-state index >= 15 is 0 Å². The van der Waals surface area contributed by atoms with E-state index in [1.807, 2.05) is 12.1 Å². The fourth-order valence-electron chi connectivity index (χ4n) is 2.02. The molecule has 0 bridgehead atoms. The van der Waals surface area contributed by atoms with Crippen LogP contribution in [0, 0.1) is 6.92 Å². The zero-order valence-electron chi connectivity index (χ0n) is 10.3. The molecule has 4 heteroatoms. The molecule has 2 rings (SSSR count). The zero-order chi connectivity index (χ0) is 13.1. The molecule has 1 unspecified atom stereocenters. The van der Waals surface area contributed by atoms with Crippen LogP contribution in [0.1, 0.15) is 29.0 Å². The number of halogens is 2. The number of hydrogen-bond acceptors (Lipinski definition) is 2. The summed E-state index contributed by atoms with van der Waals surface area (Å²) >= 11 is 14.0. The van der Waals surface area contributed by atoms with Crippen molar-refractivity contribution in [1.82, 2.24) is 5.32 Å². The van der Waals surface area contributed by atoms with Crippen LogP contribution in [0.2, 0.25) is 10.0 Å². The molecule has 0 aliphatic carbocycles. The molecule has 1 atom stereocenters. The Morgan fingerprint density at radius 3 is 2.56 bits per heavy atom. The van der Waals surface area contributed by atoms with Gasteiger partial charge < -0.3 is 5.32 Å². The van der Waals surface area contributed by atoms with Crippen LogP contribution in [0.5, 0.6) is 0 Å². The molecular weight excluding hydrogens is 285 g/mol. The molecule has 0 saturated heterocycles. The smallest absolute Gasteiger partial charge is 0.0602 e. The largest absolute Gasteiger partial charge is 0.306 e. The number of thiophene rings is 1. The Morgan fingerprint density at radius 1 is 1.22 bits per heavy atom. The van der Waals surface area contributed by atoms with Crippen molar-refractivity contribution in [3.8, 4) is 0 Å². The highest BCUT2D eigenvalue weighted by atomic mass is 35.5. The number of aryl methyl sites for hydroxylation is 1. The Bertz CT molecular complexity index is 536. The van der Waals surface area contributed by atoms with Gasteiger partial charge in [-0.05, 0) is 48.2 Å². The van der Waals surface area contributed by atoms with Crippen molar-refractivity contribution in [2.75, 3.05) is 6.54 Å². The second-order valence-electron chi connectivity index (χ2n) is 4.09. The Morgan fingerprint density at radius 2 is 2.00 bits per heavy atom. The molecule has 0 fully saturated rings. The highest BCUT2D eigenvalue weighted by Crippen LogP contribution is 2.33. The van der Waals surface area contributed by atoms with Gasteiger partial charge in [0.2, 0.25) is 0 Å². The fraction of sp³-hybridized carbons (Fsp3) is 0.286. The van der Waals surface area contributed by atoms with Gasteiger partial charge in [0.1, 0.15) is 0 Å². The van der Waals surface area contributed by atoms with Gasteiger partial charge in [-0.25, -0.2) is 0 Å². The Labute approximate surface area is 122 Å². The maximum atomic E-state index is 6.31. The summed E-state index contributed by atoms with van der Waals surface area (Å²) in [5.41, 5.74) is 2.36. The maximum Gasteiger partial charge on any atom is 0.0602 e. The minimum atomic E-state index is 0.131. The van der Waals surface area contributed by atoms with Gasteiger partial charge in [-0.2, -0.15) is 0 Å². The average molecular weight is 300 g/mol. The summed E-state index contributed by atoms with van der Waals surface area (Å²) in [6, 6.07) is 7.96. The molecule has 0 saturated carbocycles. The lowest BCUT2D eigenvalue weighted by atomic mass is 9.99. The molecule has 0 aliphatic heterocycles. The average Bonchev–Trinajstić information content (AvgIpc) is 2.73. The van der Waals surface area contributed by atoms with Gasteiger partial charge in [-0.3, -0.25) is 0 Å². The van der Waals surface area contributed by atoms with E-state index in [0.717, 1.165) is 12.1 Å². The first-order valence-corrected chi connectivity index (χ1v) is 7.49. The van der Waals surface area contributed by atoms with Crippen LogP contribution in [0.3, 0.4) is 0 Å².